The third-order valence-electron chi connectivity index (χ3n) is 8.67. The van der Waals surface area contributed by atoms with Gasteiger partial charge in [-0.1, -0.05) is 91.0 Å². The SMILES string of the molecule is COc1ccccc1N1C(=O)[C@@H]2[C@@H](C1=O)C1c3ccccc3C2(/C=N\NC(=O)Cc2ccccc2)c2ccccc21. The number of hydrogen-bond acceptors (Lipinski definition) is 5. The highest BCUT2D eigenvalue weighted by Crippen LogP contribution is 2.63. The second-order valence-corrected chi connectivity index (χ2v) is 10.7. The van der Waals surface area contributed by atoms with E-state index >= 15 is 0 Å². The number of hydrazone groups is 1. The van der Waals surface area contributed by atoms with Crippen molar-refractivity contribution in [1.82, 2.24) is 5.43 Å². The number of imide groups is 1. The summed E-state index contributed by atoms with van der Waals surface area (Å²) in [5.74, 6) is -2.05. The van der Waals surface area contributed by atoms with E-state index in [4.69, 9.17) is 4.74 Å². The normalized spacial score (nSPS) is 23.7. The lowest BCUT2D eigenvalue weighted by Gasteiger charge is -2.52. The van der Waals surface area contributed by atoms with Gasteiger partial charge in [0, 0.05) is 12.1 Å². The Kier molecular flexibility index (Phi) is 5.82. The van der Waals surface area contributed by atoms with E-state index in [0.29, 0.717) is 11.4 Å². The second kappa shape index (κ2) is 9.55. The van der Waals surface area contributed by atoms with Crippen molar-refractivity contribution in [3.05, 3.63) is 131 Å². The number of nitrogens with zero attached hydrogens (tertiary/aromatic N) is 2. The van der Waals surface area contributed by atoms with Crippen molar-refractivity contribution in [2.24, 2.45) is 16.9 Å². The lowest BCUT2D eigenvalue weighted by atomic mass is 9.47. The third kappa shape index (κ3) is 3.58. The monoisotopic (exact) mass is 541 g/mol. The average Bonchev–Trinajstić information content (AvgIpc) is 3.28. The Morgan fingerprint density at radius 1 is 0.854 bits per heavy atom. The van der Waals surface area contributed by atoms with Crippen LogP contribution in [0.2, 0.25) is 0 Å². The van der Waals surface area contributed by atoms with Crippen LogP contribution in [-0.4, -0.2) is 31.0 Å². The second-order valence-electron chi connectivity index (χ2n) is 10.7. The first-order valence-corrected chi connectivity index (χ1v) is 13.6. The van der Waals surface area contributed by atoms with Crippen molar-refractivity contribution in [2.45, 2.75) is 17.8 Å². The highest BCUT2D eigenvalue weighted by molar-refractivity contribution is 6.25. The zero-order valence-electron chi connectivity index (χ0n) is 22.4. The topological polar surface area (TPSA) is 88.1 Å². The molecule has 7 nitrogen and oxygen atoms in total. The fraction of sp³-hybridized carbons (Fsp3) is 0.176. The fourth-order valence-corrected chi connectivity index (χ4v) is 7.13. The van der Waals surface area contributed by atoms with Crippen LogP contribution in [-0.2, 0) is 26.2 Å². The minimum Gasteiger partial charge on any atom is -0.495 e. The van der Waals surface area contributed by atoms with E-state index in [0.717, 1.165) is 27.8 Å². The van der Waals surface area contributed by atoms with E-state index in [-0.39, 0.29) is 30.1 Å². The molecule has 4 aliphatic rings. The molecule has 7 heteroatoms. The van der Waals surface area contributed by atoms with Crippen LogP contribution in [0.25, 0.3) is 0 Å². The number of rotatable bonds is 6. The Morgan fingerprint density at radius 3 is 2.15 bits per heavy atom. The van der Waals surface area contributed by atoms with Crippen molar-refractivity contribution >= 4 is 29.6 Å². The van der Waals surface area contributed by atoms with Crippen molar-refractivity contribution in [2.75, 3.05) is 12.0 Å². The summed E-state index contributed by atoms with van der Waals surface area (Å²) in [6, 6.07) is 32.4. The number of hydrogen-bond donors (Lipinski definition) is 1. The number of amides is 3. The number of anilines is 1. The molecule has 4 aromatic rings. The first kappa shape index (κ1) is 25.0. The lowest BCUT2D eigenvalue weighted by Crippen LogP contribution is -2.54. The van der Waals surface area contributed by atoms with E-state index < -0.39 is 17.3 Å². The zero-order chi connectivity index (χ0) is 28.1. The Morgan fingerprint density at radius 2 is 1.46 bits per heavy atom. The van der Waals surface area contributed by atoms with Gasteiger partial charge in [0.05, 0.1) is 36.5 Å². The lowest BCUT2D eigenvalue weighted by molar-refractivity contribution is -0.123. The van der Waals surface area contributed by atoms with Crippen molar-refractivity contribution in [3.63, 3.8) is 0 Å². The maximum Gasteiger partial charge on any atom is 0.244 e. The van der Waals surface area contributed by atoms with Gasteiger partial charge in [-0.3, -0.25) is 14.4 Å². The summed E-state index contributed by atoms with van der Waals surface area (Å²) >= 11 is 0. The molecule has 3 aliphatic carbocycles. The van der Waals surface area contributed by atoms with Crippen molar-refractivity contribution in [1.29, 1.82) is 0 Å². The number of carbonyl (C=O) groups excluding carboxylic acids is 3. The smallest absolute Gasteiger partial charge is 0.244 e. The molecule has 1 fully saturated rings. The van der Waals surface area contributed by atoms with Gasteiger partial charge in [-0.05, 0) is 39.9 Å². The molecule has 1 saturated heterocycles. The number of nitrogens with one attached hydrogen (secondary N) is 1. The molecule has 2 bridgehead atoms. The van der Waals surface area contributed by atoms with Crippen LogP contribution in [0.5, 0.6) is 5.75 Å². The molecule has 1 N–H and O–H groups in total. The maximum atomic E-state index is 14.5. The number of methoxy groups -OCH3 is 1. The van der Waals surface area contributed by atoms with Crippen LogP contribution in [0.15, 0.2) is 108 Å². The number of carbonyl (C=O) groups is 3. The summed E-state index contributed by atoms with van der Waals surface area (Å²) in [7, 11) is 1.53. The van der Waals surface area contributed by atoms with E-state index in [1.54, 1.807) is 24.4 Å². The summed E-state index contributed by atoms with van der Waals surface area (Å²) in [4.78, 5) is 42.9. The largest absolute Gasteiger partial charge is 0.495 e. The summed E-state index contributed by atoms with van der Waals surface area (Å²) in [5, 5.41) is 4.48. The Hall–Kier alpha value is -5.04. The molecule has 8 rings (SSSR count). The third-order valence-corrected chi connectivity index (χ3v) is 8.67. The Labute approximate surface area is 237 Å². The van der Waals surface area contributed by atoms with Gasteiger partial charge in [0.15, 0.2) is 0 Å². The van der Waals surface area contributed by atoms with Gasteiger partial charge >= 0.3 is 0 Å². The molecule has 4 aromatic carbocycles. The van der Waals surface area contributed by atoms with Crippen molar-refractivity contribution in [3.8, 4) is 5.75 Å². The van der Waals surface area contributed by atoms with Crippen LogP contribution in [0.1, 0.15) is 33.7 Å². The predicted molar refractivity (Wildman–Crippen MR) is 155 cm³/mol. The minimum absolute atomic E-state index is 0.172. The standard InChI is InChI=1S/C34H27N3O4/c1-41-27-18-10-9-17-26(27)37-32(39)30-29-22-13-5-7-15-24(22)34(31(30)33(37)40,25-16-8-6-14-23(25)29)20-35-36-28(38)19-21-11-3-2-4-12-21/h2-18,20,29-31H,19H2,1H3,(H,36,38)/b35-20-/t29?,30-,31-,34?/m0/s1. The first-order valence-electron chi connectivity index (χ1n) is 13.6. The molecule has 3 amide bonds. The maximum absolute atomic E-state index is 14.5. The molecule has 41 heavy (non-hydrogen) atoms. The van der Waals surface area contributed by atoms with E-state index in [1.165, 1.54) is 12.0 Å². The van der Waals surface area contributed by atoms with Crippen LogP contribution < -0.4 is 15.1 Å². The van der Waals surface area contributed by atoms with Crippen molar-refractivity contribution < 1.29 is 19.1 Å². The molecule has 1 aliphatic heterocycles. The molecule has 2 atom stereocenters. The highest BCUT2D eigenvalue weighted by Gasteiger charge is 2.68. The summed E-state index contributed by atoms with van der Waals surface area (Å²) in [5.41, 5.74) is 6.77. The summed E-state index contributed by atoms with van der Waals surface area (Å²) in [6.07, 6.45) is 1.85. The molecule has 0 unspecified atom stereocenters. The van der Waals surface area contributed by atoms with Crippen LogP contribution in [0, 0.1) is 11.8 Å². The quantitative estimate of drug-likeness (QED) is 0.220. The number of benzene rings is 4. The van der Waals surface area contributed by atoms with E-state index in [2.05, 4.69) is 10.5 Å². The molecule has 0 spiro atoms. The van der Waals surface area contributed by atoms with Gasteiger partial charge < -0.3 is 4.74 Å². The van der Waals surface area contributed by atoms with Gasteiger partial charge in [0.2, 0.25) is 17.7 Å². The molecule has 0 aromatic heterocycles. The molecule has 0 saturated carbocycles. The Balaban J connectivity index is 1.37. The molecule has 1 heterocycles. The zero-order valence-corrected chi connectivity index (χ0v) is 22.4. The summed E-state index contributed by atoms with van der Waals surface area (Å²) < 4.78 is 5.55. The van der Waals surface area contributed by atoms with E-state index in [1.807, 2.05) is 84.9 Å². The minimum atomic E-state index is -1.06. The average molecular weight is 542 g/mol. The van der Waals surface area contributed by atoms with Gasteiger partial charge in [-0.15, -0.1) is 0 Å². The first-order chi connectivity index (χ1) is 20.1. The Bertz CT molecular complexity index is 1680. The van der Waals surface area contributed by atoms with Gasteiger partial charge in [-0.2, -0.15) is 5.10 Å². The van der Waals surface area contributed by atoms with Gasteiger partial charge in [-0.25, -0.2) is 10.3 Å². The van der Waals surface area contributed by atoms with Crippen LogP contribution in [0.3, 0.4) is 0 Å². The van der Waals surface area contributed by atoms with E-state index in [9.17, 15) is 14.4 Å². The molecular weight excluding hydrogens is 514 g/mol. The van der Waals surface area contributed by atoms with Gasteiger partial charge in [0.25, 0.3) is 0 Å². The predicted octanol–water partition coefficient (Wildman–Crippen LogP) is 4.59. The molecule has 202 valence electrons. The number of para-hydroxylation sites is 2. The number of ether oxygens (including phenoxy) is 1. The van der Waals surface area contributed by atoms with Crippen LogP contribution in [0.4, 0.5) is 5.69 Å². The van der Waals surface area contributed by atoms with Crippen LogP contribution >= 0.6 is 0 Å². The highest BCUT2D eigenvalue weighted by atomic mass is 16.5. The van der Waals surface area contributed by atoms with Gasteiger partial charge in [0.1, 0.15) is 5.75 Å². The molecular formula is C34H27N3O4. The molecule has 0 radical (unpaired) electrons. The summed E-state index contributed by atoms with van der Waals surface area (Å²) in [6.45, 7) is 0. The fourth-order valence-electron chi connectivity index (χ4n) is 7.13.